The molecule has 8 atom stereocenters. The Labute approximate surface area is 392 Å². The van der Waals surface area contributed by atoms with Gasteiger partial charge < -0.3 is 39.9 Å². The highest BCUT2D eigenvalue weighted by atomic mass is 31.2. The van der Waals surface area contributed by atoms with Crippen molar-refractivity contribution in [1.29, 1.82) is 0 Å². The smallest absolute Gasteiger partial charge is 0.462 e. The van der Waals surface area contributed by atoms with Crippen LogP contribution in [0.2, 0.25) is 0 Å². The maximum atomic E-state index is 12.8. The first-order valence-corrected chi connectivity index (χ1v) is 26.9. The van der Waals surface area contributed by atoms with Crippen LogP contribution in [0.3, 0.4) is 0 Å². The van der Waals surface area contributed by atoms with Gasteiger partial charge in [0, 0.05) is 12.8 Å². The van der Waals surface area contributed by atoms with Crippen LogP contribution in [-0.4, -0.2) is 98.3 Å². The minimum atomic E-state index is -5.13. The van der Waals surface area contributed by atoms with E-state index < -0.39 is 75.7 Å². The van der Waals surface area contributed by atoms with E-state index in [1.807, 2.05) is 0 Å². The van der Waals surface area contributed by atoms with Crippen LogP contribution in [0.4, 0.5) is 0 Å². The van der Waals surface area contributed by atoms with E-state index in [1.165, 1.54) is 109 Å². The monoisotopic (exact) mass is 943 g/mol. The van der Waals surface area contributed by atoms with Crippen LogP contribution >= 0.6 is 7.82 Å². The fraction of sp³-hybridized carbons (Fsp3) is 0.804. The minimum Gasteiger partial charge on any atom is -0.462 e. The van der Waals surface area contributed by atoms with Crippen molar-refractivity contribution >= 4 is 19.8 Å². The number of allylic oxidation sites excluding steroid dienone is 8. The van der Waals surface area contributed by atoms with Gasteiger partial charge in [-0.05, 0) is 77.0 Å². The molecule has 1 fully saturated rings. The number of phosphoric ester groups is 1. The van der Waals surface area contributed by atoms with Gasteiger partial charge in [0.15, 0.2) is 6.10 Å². The summed E-state index contributed by atoms with van der Waals surface area (Å²) < 4.78 is 33.6. The highest BCUT2D eigenvalue weighted by Gasteiger charge is 2.51. The fourth-order valence-electron chi connectivity index (χ4n) is 7.52. The molecule has 6 N–H and O–H groups in total. The van der Waals surface area contributed by atoms with E-state index in [0.717, 1.165) is 57.8 Å². The van der Waals surface area contributed by atoms with E-state index >= 15 is 0 Å². The summed E-state index contributed by atoms with van der Waals surface area (Å²) >= 11 is 0. The van der Waals surface area contributed by atoms with Crippen molar-refractivity contribution in [3.8, 4) is 0 Å². The van der Waals surface area contributed by atoms with Gasteiger partial charge in [-0.3, -0.25) is 18.6 Å². The number of hydrogen-bond acceptors (Lipinski definition) is 12. The number of carbonyl (C=O) groups is 2. The molecule has 1 rings (SSSR count). The van der Waals surface area contributed by atoms with Crippen molar-refractivity contribution in [2.75, 3.05) is 13.2 Å². The van der Waals surface area contributed by atoms with Crippen LogP contribution in [0.1, 0.15) is 206 Å². The lowest BCUT2D eigenvalue weighted by Gasteiger charge is -2.41. The van der Waals surface area contributed by atoms with Crippen LogP contribution in [0.5, 0.6) is 0 Å². The van der Waals surface area contributed by atoms with E-state index in [1.54, 1.807) is 0 Å². The summed E-state index contributed by atoms with van der Waals surface area (Å²) in [6, 6.07) is 0. The van der Waals surface area contributed by atoms with Crippen molar-refractivity contribution in [3.63, 3.8) is 0 Å². The van der Waals surface area contributed by atoms with Crippen molar-refractivity contribution in [2.45, 2.75) is 249 Å². The molecule has 378 valence electrons. The summed E-state index contributed by atoms with van der Waals surface area (Å²) in [5.41, 5.74) is 0. The largest absolute Gasteiger partial charge is 0.472 e. The first-order valence-electron chi connectivity index (χ1n) is 25.4. The first kappa shape index (κ1) is 60.8. The predicted octanol–water partition coefficient (Wildman–Crippen LogP) is 10.7. The molecule has 0 aromatic rings. The summed E-state index contributed by atoms with van der Waals surface area (Å²) in [5, 5.41) is 50.2. The Morgan fingerprint density at radius 1 is 0.477 bits per heavy atom. The molecule has 0 aliphatic heterocycles. The number of unbranched alkanes of at least 4 members (excludes halogenated alkanes) is 22. The Balaban J connectivity index is 2.42. The molecule has 0 spiro atoms. The first-order chi connectivity index (χ1) is 31.4. The van der Waals surface area contributed by atoms with Gasteiger partial charge in [-0.15, -0.1) is 0 Å². The number of aliphatic hydroxyl groups is 5. The Hall–Kier alpha value is -2.19. The minimum absolute atomic E-state index is 0.0873. The molecular weight excluding hydrogens is 852 g/mol. The van der Waals surface area contributed by atoms with E-state index in [2.05, 4.69) is 62.5 Å². The van der Waals surface area contributed by atoms with Crippen molar-refractivity contribution in [1.82, 2.24) is 0 Å². The van der Waals surface area contributed by atoms with E-state index in [-0.39, 0.29) is 12.8 Å². The molecule has 0 radical (unpaired) electrons. The molecule has 65 heavy (non-hydrogen) atoms. The maximum absolute atomic E-state index is 12.8. The highest BCUT2D eigenvalue weighted by Crippen LogP contribution is 2.47. The third-order valence-corrected chi connectivity index (χ3v) is 12.6. The number of phosphoric acid groups is 1. The molecule has 13 nitrogen and oxygen atoms in total. The molecular formula is C51H91O13P. The Bertz CT molecular complexity index is 1320. The molecule has 1 saturated carbocycles. The van der Waals surface area contributed by atoms with Crippen LogP contribution in [0, 0.1) is 0 Å². The van der Waals surface area contributed by atoms with E-state index in [9.17, 15) is 44.6 Å². The summed E-state index contributed by atoms with van der Waals surface area (Å²) in [6.45, 7) is 3.25. The quantitative estimate of drug-likeness (QED) is 0.0146. The fourth-order valence-corrected chi connectivity index (χ4v) is 8.50. The molecule has 1 aliphatic rings. The molecule has 14 heteroatoms. The van der Waals surface area contributed by atoms with Gasteiger partial charge in [-0.2, -0.15) is 0 Å². The van der Waals surface area contributed by atoms with Crippen LogP contribution in [-0.2, 0) is 32.7 Å². The normalized spacial score (nSPS) is 21.8. The predicted molar refractivity (Wildman–Crippen MR) is 258 cm³/mol. The Morgan fingerprint density at radius 3 is 1.34 bits per heavy atom. The zero-order valence-corrected chi connectivity index (χ0v) is 41.2. The molecule has 0 amide bonds. The van der Waals surface area contributed by atoms with Crippen molar-refractivity contribution in [3.05, 3.63) is 48.6 Å². The molecule has 1 aliphatic carbocycles. The third kappa shape index (κ3) is 33.0. The zero-order valence-electron chi connectivity index (χ0n) is 40.3. The molecule has 0 aromatic carbocycles. The van der Waals surface area contributed by atoms with Gasteiger partial charge in [-0.25, -0.2) is 4.57 Å². The van der Waals surface area contributed by atoms with Crippen molar-refractivity contribution < 1.29 is 63.1 Å². The number of aliphatic hydroxyl groups excluding tert-OH is 5. The lowest BCUT2D eigenvalue weighted by molar-refractivity contribution is -0.220. The second-order valence-electron chi connectivity index (χ2n) is 17.7. The average molecular weight is 943 g/mol. The van der Waals surface area contributed by atoms with Gasteiger partial charge in [0.1, 0.15) is 43.2 Å². The molecule has 6 unspecified atom stereocenters. The van der Waals surface area contributed by atoms with Crippen LogP contribution < -0.4 is 0 Å². The summed E-state index contributed by atoms with van der Waals surface area (Å²) in [6.07, 6.45) is 35.9. The number of hydrogen-bond donors (Lipinski definition) is 6. The summed E-state index contributed by atoms with van der Waals surface area (Å²) in [7, 11) is -5.13. The SMILES string of the molecule is CCCCC/C=C/C/C=C/C/C=C/CCCCC(=O)OC[C@H](COP(=O)(O)OC1C(O)C(O)C(O)[C@@H](O)C1O)OC(=O)CCCCCCCCCCCCC/C=C/CCCCCCCC. The summed E-state index contributed by atoms with van der Waals surface area (Å²) in [4.78, 5) is 35.8. The number of carbonyl (C=O) groups excluding carboxylic acids is 2. The molecule has 0 aromatic heterocycles. The highest BCUT2D eigenvalue weighted by molar-refractivity contribution is 7.47. The van der Waals surface area contributed by atoms with Crippen molar-refractivity contribution in [2.24, 2.45) is 0 Å². The molecule has 0 saturated heterocycles. The number of ether oxygens (including phenoxy) is 2. The average Bonchev–Trinajstić information content (AvgIpc) is 3.29. The van der Waals surface area contributed by atoms with Crippen LogP contribution in [0.15, 0.2) is 48.6 Å². The lowest BCUT2D eigenvalue weighted by atomic mass is 9.85. The number of esters is 2. The lowest BCUT2D eigenvalue weighted by Crippen LogP contribution is -2.64. The van der Waals surface area contributed by atoms with Gasteiger partial charge in [0.25, 0.3) is 0 Å². The van der Waals surface area contributed by atoms with E-state index in [0.29, 0.717) is 12.8 Å². The van der Waals surface area contributed by atoms with Crippen LogP contribution in [0.25, 0.3) is 0 Å². The van der Waals surface area contributed by atoms with Gasteiger partial charge >= 0.3 is 19.8 Å². The topological polar surface area (TPSA) is 210 Å². The summed E-state index contributed by atoms with van der Waals surface area (Å²) in [5.74, 6) is -1.14. The Kier molecular flexibility index (Phi) is 38.2. The van der Waals surface area contributed by atoms with E-state index in [4.69, 9.17) is 18.5 Å². The van der Waals surface area contributed by atoms with Gasteiger partial charge in [-0.1, -0.05) is 165 Å². The zero-order chi connectivity index (χ0) is 47.8. The maximum Gasteiger partial charge on any atom is 0.472 e. The second-order valence-corrected chi connectivity index (χ2v) is 19.1. The third-order valence-electron chi connectivity index (χ3n) is 11.6. The number of rotatable bonds is 42. The van der Waals surface area contributed by atoms with Gasteiger partial charge in [0.05, 0.1) is 6.61 Å². The van der Waals surface area contributed by atoms with Gasteiger partial charge in [0.2, 0.25) is 0 Å². The molecule has 0 heterocycles. The molecule has 0 bridgehead atoms. The standard InChI is InChI=1S/C51H91O13P/c1-3-5-7-9-11-13-15-17-19-20-21-22-23-24-26-28-30-32-34-36-38-40-45(53)63-43(42-62-65(59,60)64-51-49(57)47(55)46(54)48(56)50(51)58)41-61-44(52)39-37-35-33-31-29-27-25-18-16-14-12-10-8-6-4-2/h12,14,17-19,25,29,31,43,46-51,54-58H,3-11,13,15-16,20-24,26-28,30,32-42H2,1-2H3,(H,59,60)/b14-12+,19-17+,25-18+,31-29+/t43-,46?,47-,48?,49?,50?,51?/m1/s1. The second kappa shape index (κ2) is 40.8. The Morgan fingerprint density at radius 2 is 0.831 bits per heavy atom.